The molecule has 0 saturated heterocycles. The number of nitrogens with one attached hydrogen (secondary N) is 2. The Morgan fingerprint density at radius 2 is 2.00 bits per heavy atom. The van der Waals surface area contributed by atoms with Crippen LogP contribution in [0.15, 0.2) is 30.3 Å². The maximum atomic E-state index is 11.3. The third-order valence-corrected chi connectivity index (χ3v) is 2.33. The molecule has 0 fully saturated rings. The molecule has 0 aliphatic carbocycles. The minimum Gasteiger partial charge on any atom is -0.350 e. The Bertz CT molecular complexity index is 329. The van der Waals surface area contributed by atoms with Crippen LogP contribution < -0.4 is 21.7 Å². The molecule has 0 bridgehead atoms. The lowest BCUT2D eigenvalue weighted by atomic mass is 10.2. The third kappa shape index (κ3) is 4.84. The van der Waals surface area contributed by atoms with Gasteiger partial charge in [-0.05, 0) is 18.6 Å². The maximum absolute atomic E-state index is 11.3. The molecule has 1 rings (SSSR count). The van der Waals surface area contributed by atoms with Crippen LogP contribution in [0, 0.1) is 0 Å². The molecule has 2 amide bonds. The molecular weight excluding hydrogens is 216 g/mol. The molecular formula is C12H20N4O. The molecule has 0 aliphatic rings. The average molecular weight is 236 g/mol. The van der Waals surface area contributed by atoms with Gasteiger partial charge in [0, 0.05) is 6.54 Å². The molecule has 0 radical (unpaired) electrons. The quantitative estimate of drug-likeness (QED) is 0.499. The van der Waals surface area contributed by atoms with Crippen LogP contribution >= 0.6 is 0 Å². The van der Waals surface area contributed by atoms with E-state index >= 15 is 0 Å². The van der Waals surface area contributed by atoms with E-state index in [4.69, 9.17) is 5.73 Å². The second kappa shape index (κ2) is 7.65. The van der Waals surface area contributed by atoms with Gasteiger partial charge in [0.2, 0.25) is 0 Å². The summed E-state index contributed by atoms with van der Waals surface area (Å²) in [5, 5.41) is 1.28. The number of hydrogen-bond acceptors (Lipinski definition) is 3. The van der Waals surface area contributed by atoms with Crippen LogP contribution in [0.25, 0.3) is 0 Å². The Morgan fingerprint density at radius 1 is 1.29 bits per heavy atom. The van der Waals surface area contributed by atoms with Crippen molar-refractivity contribution < 1.29 is 4.79 Å². The molecule has 1 aromatic carbocycles. The zero-order valence-electron chi connectivity index (χ0n) is 10.1. The van der Waals surface area contributed by atoms with Gasteiger partial charge < -0.3 is 5.73 Å². The smallest absolute Gasteiger partial charge is 0.334 e. The van der Waals surface area contributed by atoms with Gasteiger partial charge in [-0.25, -0.2) is 15.2 Å². The molecule has 4 N–H and O–H groups in total. The molecule has 0 saturated carbocycles. The van der Waals surface area contributed by atoms with Crippen molar-refractivity contribution in [2.75, 3.05) is 11.6 Å². The van der Waals surface area contributed by atoms with Crippen LogP contribution in [-0.2, 0) is 0 Å². The van der Waals surface area contributed by atoms with Gasteiger partial charge in [-0.15, -0.1) is 0 Å². The Morgan fingerprint density at radius 3 is 2.59 bits per heavy atom. The molecule has 5 heteroatoms. The van der Waals surface area contributed by atoms with Gasteiger partial charge in [-0.1, -0.05) is 38.0 Å². The van der Waals surface area contributed by atoms with Crippen LogP contribution in [0.3, 0.4) is 0 Å². The number of para-hydroxylation sites is 1. The summed E-state index contributed by atoms with van der Waals surface area (Å²) in [4.78, 5) is 11.3. The summed E-state index contributed by atoms with van der Waals surface area (Å²) in [6, 6.07) is 8.67. The topological polar surface area (TPSA) is 70.4 Å². The molecule has 0 atom stereocenters. The number of amides is 2. The monoisotopic (exact) mass is 236 g/mol. The van der Waals surface area contributed by atoms with Crippen LogP contribution in [-0.4, -0.2) is 12.6 Å². The fraction of sp³-hybridized carbons (Fsp3) is 0.417. The first-order chi connectivity index (χ1) is 8.25. The molecule has 0 spiro atoms. The average Bonchev–Trinajstić information content (AvgIpc) is 2.34. The van der Waals surface area contributed by atoms with Crippen LogP contribution in [0.5, 0.6) is 0 Å². The molecule has 0 unspecified atom stereocenters. The normalized spacial score (nSPS) is 10.2. The lowest BCUT2D eigenvalue weighted by Gasteiger charge is -2.21. The SMILES string of the molecule is CCCCCNNN(C(N)=O)c1ccccc1. The van der Waals surface area contributed by atoms with E-state index in [-0.39, 0.29) is 0 Å². The molecule has 94 valence electrons. The molecule has 0 aromatic heterocycles. The zero-order valence-corrected chi connectivity index (χ0v) is 10.1. The van der Waals surface area contributed by atoms with Gasteiger partial charge in [-0.2, -0.15) is 5.53 Å². The number of anilines is 1. The van der Waals surface area contributed by atoms with Gasteiger partial charge in [0.05, 0.1) is 5.69 Å². The van der Waals surface area contributed by atoms with E-state index < -0.39 is 6.03 Å². The fourth-order valence-electron chi connectivity index (χ4n) is 1.42. The predicted octanol–water partition coefficient (Wildman–Crippen LogP) is 1.77. The number of primary amides is 1. The number of hydrazine groups is 2. The zero-order chi connectivity index (χ0) is 12.5. The summed E-state index contributed by atoms with van der Waals surface area (Å²) in [5.41, 5.74) is 11.8. The van der Waals surface area contributed by atoms with Crippen molar-refractivity contribution in [2.45, 2.75) is 26.2 Å². The number of urea groups is 1. The second-order valence-corrected chi connectivity index (χ2v) is 3.75. The molecule has 0 aliphatic heterocycles. The maximum Gasteiger partial charge on any atom is 0.334 e. The number of rotatable bonds is 7. The van der Waals surface area contributed by atoms with Crippen molar-refractivity contribution >= 4 is 11.7 Å². The van der Waals surface area contributed by atoms with E-state index in [2.05, 4.69) is 17.9 Å². The number of unbranched alkanes of at least 4 members (excludes halogenated alkanes) is 2. The highest BCUT2D eigenvalue weighted by Gasteiger charge is 2.10. The number of carbonyl (C=O) groups excluding carboxylic acids is 1. The number of hydrogen-bond donors (Lipinski definition) is 3. The lowest BCUT2D eigenvalue weighted by Crippen LogP contribution is -2.53. The Hall–Kier alpha value is -1.59. The van der Waals surface area contributed by atoms with E-state index in [0.29, 0.717) is 5.69 Å². The second-order valence-electron chi connectivity index (χ2n) is 3.75. The Balaban J connectivity index is 2.42. The van der Waals surface area contributed by atoms with Gasteiger partial charge in [0.15, 0.2) is 0 Å². The number of benzene rings is 1. The first-order valence-corrected chi connectivity index (χ1v) is 5.88. The highest BCUT2D eigenvalue weighted by molar-refractivity contribution is 5.89. The highest BCUT2D eigenvalue weighted by Crippen LogP contribution is 2.09. The summed E-state index contributed by atoms with van der Waals surface area (Å²) in [7, 11) is 0. The van der Waals surface area contributed by atoms with Crippen molar-refractivity contribution in [1.82, 2.24) is 11.0 Å². The van der Waals surface area contributed by atoms with E-state index in [1.165, 1.54) is 11.4 Å². The van der Waals surface area contributed by atoms with Gasteiger partial charge in [0.25, 0.3) is 0 Å². The number of carbonyl (C=O) groups is 1. The van der Waals surface area contributed by atoms with Crippen molar-refractivity contribution in [3.05, 3.63) is 30.3 Å². The van der Waals surface area contributed by atoms with Crippen LogP contribution in [0.4, 0.5) is 10.5 Å². The highest BCUT2D eigenvalue weighted by atomic mass is 16.2. The van der Waals surface area contributed by atoms with E-state index in [1.807, 2.05) is 30.3 Å². The number of nitrogens with zero attached hydrogens (tertiary/aromatic N) is 1. The summed E-state index contributed by atoms with van der Waals surface area (Å²) in [6.45, 7) is 2.94. The van der Waals surface area contributed by atoms with Crippen molar-refractivity contribution in [3.8, 4) is 0 Å². The Kier molecular flexibility index (Phi) is 6.06. The lowest BCUT2D eigenvalue weighted by molar-refractivity contribution is 0.249. The summed E-state index contributed by atoms with van der Waals surface area (Å²) in [6.07, 6.45) is 3.39. The largest absolute Gasteiger partial charge is 0.350 e. The fourth-order valence-corrected chi connectivity index (χ4v) is 1.42. The van der Waals surface area contributed by atoms with Crippen LogP contribution in [0.1, 0.15) is 26.2 Å². The van der Waals surface area contributed by atoms with Crippen LogP contribution in [0.2, 0.25) is 0 Å². The van der Waals surface area contributed by atoms with Crippen molar-refractivity contribution in [1.29, 1.82) is 0 Å². The van der Waals surface area contributed by atoms with Gasteiger partial charge in [0.1, 0.15) is 0 Å². The molecule has 0 heterocycles. The van der Waals surface area contributed by atoms with Crippen molar-refractivity contribution in [3.63, 3.8) is 0 Å². The van der Waals surface area contributed by atoms with E-state index in [0.717, 1.165) is 19.4 Å². The predicted molar refractivity (Wildman–Crippen MR) is 69.2 cm³/mol. The molecule has 5 nitrogen and oxygen atoms in total. The van der Waals surface area contributed by atoms with Gasteiger partial charge >= 0.3 is 6.03 Å². The van der Waals surface area contributed by atoms with E-state index in [1.54, 1.807) is 0 Å². The minimum atomic E-state index is -0.542. The standard InChI is InChI=1S/C12H20N4O/c1-2-3-7-10-14-15-16(12(13)17)11-8-5-4-6-9-11/h4-6,8-9,14-15H,2-3,7,10H2,1H3,(H2,13,17). The summed E-state index contributed by atoms with van der Waals surface area (Å²) < 4.78 is 0. The summed E-state index contributed by atoms with van der Waals surface area (Å²) in [5.74, 6) is 0. The van der Waals surface area contributed by atoms with Crippen molar-refractivity contribution in [2.24, 2.45) is 5.73 Å². The van der Waals surface area contributed by atoms with E-state index in [9.17, 15) is 4.79 Å². The first kappa shape index (κ1) is 13.5. The number of nitrogens with two attached hydrogens (primary N) is 1. The third-order valence-electron chi connectivity index (χ3n) is 2.33. The minimum absolute atomic E-state index is 0.542. The molecule has 1 aromatic rings. The Labute approximate surface area is 102 Å². The van der Waals surface area contributed by atoms with Gasteiger partial charge in [-0.3, -0.25) is 0 Å². The first-order valence-electron chi connectivity index (χ1n) is 5.88. The summed E-state index contributed by atoms with van der Waals surface area (Å²) >= 11 is 0. The molecule has 17 heavy (non-hydrogen) atoms.